The number of thioether (sulfide) groups is 1. The minimum Gasteiger partial charge on any atom is -0.351 e. The van der Waals surface area contributed by atoms with Crippen LogP contribution in [0.15, 0.2) is 65.6 Å². The third-order valence-electron chi connectivity index (χ3n) is 5.00. The van der Waals surface area contributed by atoms with Crippen molar-refractivity contribution in [1.29, 1.82) is 0 Å². The van der Waals surface area contributed by atoms with Gasteiger partial charge >= 0.3 is 0 Å². The van der Waals surface area contributed by atoms with Crippen LogP contribution in [-0.4, -0.2) is 35.6 Å². The highest BCUT2D eigenvalue weighted by molar-refractivity contribution is 8.00. The molecule has 1 heterocycles. The molecule has 2 aromatic carbocycles. The van der Waals surface area contributed by atoms with Crippen molar-refractivity contribution < 1.29 is 9.59 Å². The van der Waals surface area contributed by atoms with E-state index >= 15 is 0 Å². The lowest BCUT2D eigenvalue weighted by Gasteiger charge is -2.39. The summed E-state index contributed by atoms with van der Waals surface area (Å²) in [6, 6.07) is 19.8. The van der Waals surface area contributed by atoms with Gasteiger partial charge in [-0.15, -0.1) is 11.8 Å². The third kappa shape index (κ3) is 5.36. The molecule has 0 bridgehead atoms. The summed E-state index contributed by atoms with van der Waals surface area (Å²) in [5.41, 5.74) is 0.553. The van der Waals surface area contributed by atoms with Gasteiger partial charge in [0.1, 0.15) is 0 Å². The van der Waals surface area contributed by atoms with Gasteiger partial charge in [-0.05, 0) is 37.5 Å². The van der Waals surface area contributed by atoms with Crippen LogP contribution in [0.4, 0.5) is 0 Å². The molecule has 0 saturated carbocycles. The summed E-state index contributed by atoms with van der Waals surface area (Å²) >= 11 is 1.55. The molecule has 1 saturated heterocycles. The van der Waals surface area contributed by atoms with E-state index < -0.39 is 5.41 Å². The zero-order chi connectivity index (χ0) is 19.1. The number of hydrogen-bond donors (Lipinski definition) is 1. The molecule has 1 fully saturated rings. The molecular weight excluding hydrogens is 356 g/mol. The number of hydrogen-bond acceptors (Lipinski definition) is 3. The molecule has 1 aliphatic heterocycles. The van der Waals surface area contributed by atoms with E-state index in [2.05, 4.69) is 5.32 Å². The summed E-state index contributed by atoms with van der Waals surface area (Å²) in [6.07, 6.45) is 1.67. The quantitative estimate of drug-likeness (QED) is 0.775. The monoisotopic (exact) mass is 382 g/mol. The third-order valence-corrected chi connectivity index (χ3v) is 6.00. The van der Waals surface area contributed by atoms with Crippen LogP contribution in [0.3, 0.4) is 0 Å². The largest absolute Gasteiger partial charge is 0.351 e. The fourth-order valence-electron chi connectivity index (χ4n) is 3.38. The van der Waals surface area contributed by atoms with Gasteiger partial charge in [0.05, 0.1) is 11.2 Å². The molecule has 142 valence electrons. The van der Waals surface area contributed by atoms with Gasteiger partial charge in [0.25, 0.3) is 0 Å². The number of nitrogens with one attached hydrogen (secondary N) is 1. The molecule has 2 amide bonds. The number of likely N-dealkylation sites (tertiary alicyclic amines) is 1. The number of rotatable bonds is 6. The fraction of sp³-hybridized carbons (Fsp3) is 0.364. The summed E-state index contributed by atoms with van der Waals surface area (Å²) in [7, 11) is 0. The first-order valence-electron chi connectivity index (χ1n) is 9.35. The molecule has 0 aliphatic carbocycles. The molecule has 0 spiro atoms. The van der Waals surface area contributed by atoms with Gasteiger partial charge in [-0.3, -0.25) is 9.59 Å². The van der Waals surface area contributed by atoms with Crippen LogP contribution in [-0.2, 0) is 16.1 Å². The van der Waals surface area contributed by atoms with Crippen LogP contribution < -0.4 is 5.32 Å². The number of carbonyl (C=O) groups excluding carboxylic acids is 2. The minimum absolute atomic E-state index is 0.0274. The highest BCUT2D eigenvalue weighted by atomic mass is 32.2. The van der Waals surface area contributed by atoms with Crippen LogP contribution >= 0.6 is 11.8 Å². The lowest BCUT2D eigenvalue weighted by Crippen LogP contribution is -2.52. The normalized spacial score (nSPS) is 19.5. The Hall–Kier alpha value is -2.27. The Labute approximate surface area is 165 Å². The van der Waals surface area contributed by atoms with Crippen molar-refractivity contribution >= 4 is 23.6 Å². The molecule has 0 radical (unpaired) electrons. The van der Waals surface area contributed by atoms with Crippen LogP contribution in [0.1, 0.15) is 25.3 Å². The molecule has 0 unspecified atom stereocenters. The van der Waals surface area contributed by atoms with Crippen molar-refractivity contribution in [2.75, 3.05) is 18.8 Å². The minimum atomic E-state index is -0.528. The maximum atomic E-state index is 12.8. The van der Waals surface area contributed by atoms with E-state index in [1.54, 1.807) is 11.8 Å². The van der Waals surface area contributed by atoms with Crippen molar-refractivity contribution in [3.05, 3.63) is 66.2 Å². The molecular formula is C22H26N2O2S. The van der Waals surface area contributed by atoms with E-state index in [9.17, 15) is 9.59 Å². The van der Waals surface area contributed by atoms with Crippen LogP contribution in [0, 0.1) is 5.41 Å². The molecule has 4 nitrogen and oxygen atoms in total. The van der Waals surface area contributed by atoms with Crippen molar-refractivity contribution in [2.24, 2.45) is 5.41 Å². The number of nitrogens with zero attached hydrogens (tertiary/aromatic N) is 1. The molecule has 1 N–H and O–H groups in total. The van der Waals surface area contributed by atoms with Gasteiger partial charge in [0.15, 0.2) is 0 Å². The first kappa shape index (κ1) is 19.5. The van der Waals surface area contributed by atoms with Gasteiger partial charge in [-0.2, -0.15) is 0 Å². The predicted octanol–water partition coefficient (Wildman–Crippen LogP) is 3.72. The second kappa shape index (κ2) is 9.09. The SMILES string of the molecule is C[C@@]1(C(=O)NCc2ccccc2)CCCN(C(=O)CSc2ccccc2)C1. The fourth-order valence-corrected chi connectivity index (χ4v) is 4.20. The van der Waals surface area contributed by atoms with Gasteiger partial charge in [0, 0.05) is 24.5 Å². The van der Waals surface area contributed by atoms with Crippen LogP contribution in [0.2, 0.25) is 0 Å². The number of benzene rings is 2. The van der Waals surface area contributed by atoms with Gasteiger partial charge in [-0.1, -0.05) is 48.5 Å². The predicted molar refractivity (Wildman–Crippen MR) is 109 cm³/mol. The second-order valence-corrected chi connectivity index (χ2v) is 8.30. The zero-order valence-corrected chi connectivity index (χ0v) is 16.5. The highest BCUT2D eigenvalue weighted by Gasteiger charge is 2.39. The number of piperidine rings is 1. The lowest BCUT2D eigenvalue weighted by atomic mass is 9.81. The smallest absolute Gasteiger partial charge is 0.232 e. The Bertz CT molecular complexity index is 766. The summed E-state index contributed by atoms with van der Waals surface area (Å²) in [5.74, 6) is 0.538. The molecule has 3 rings (SSSR count). The van der Waals surface area contributed by atoms with Crippen molar-refractivity contribution in [3.63, 3.8) is 0 Å². The van der Waals surface area contributed by atoms with Gasteiger partial charge in [0.2, 0.25) is 11.8 Å². The van der Waals surface area contributed by atoms with E-state index in [-0.39, 0.29) is 11.8 Å². The Morgan fingerprint density at radius 1 is 1.07 bits per heavy atom. The molecule has 2 aromatic rings. The average Bonchev–Trinajstić information content (AvgIpc) is 2.71. The summed E-state index contributed by atoms with van der Waals surface area (Å²) in [5, 5.41) is 3.04. The maximum absolute atomic E-state index is 12.8. The number of amides is 2. The first-order chi connectivity index (χ1) is 13.1. The van der Waals surface area contributed by atoms with E-state index in [1.807, 2.05) is 72.5 Å². The van der Waals surface area contributed by atoms with Crippen molar-refractivity contribution in [1.82, 2.24) is 10.2 Å². The maximum Gasteiger partial charge on any atom is 0.232 e. The van der Waals surface area contributed by atoms with E-state index in [0.717, 1.165) is 29.8 Å². The van der Waals surface area contributed by atoms with Crippen LogP contribution in [0.5, 0.6) is 0 Å². The topological polar surface area (TPSA) is 49.4 Å². The van der Waals surface area contributed by atoms with Gasteiger partial charge < -0.3 is 10.2 Å². The zero-order valence-electron chi connectivity index (χ0n) is 15.7. The first-order valence-corrected chi connectivity index (χ1v) is 10.3. The summed E-state index contributed by atoms with van der Waals surface area (Å²) < 4.78 is 0. The Kier molecular flexibility index (Phi) is 6.56. The van der Waals surface area contributed by atoms with Crippen molar-refractivity contribution in [3.8, 4) is 0 Å². The molecule has 1 atom stereocenters. The van der Waals surface area contributed by atoms with E-state index in [1.165, 1.54) is 0 Å². The number of carbonyl (C=O) groups is 2. The molecule has 5 heteroatoms. The van der Waals surface area contributed by atoms with Crippen LogP contribution in [0.25, 0.3) is 0 Å². The van der Waals surface area contributed by atoms with E-state index in [4.69, 9.17) is 0 Å². The standard InChI is InChI=1S/C22H26N2O2S/c1-22(21(26)23-15-18-9-4-2-5-10-18)13-8-14-24(17-22)20(25)16-27-19-11-6-3-7-12-19/h2-7,9-12H,8,13-17H2,1H3,(H,23,26)/t22-/m1/s1. The van der Waals surface area contributed by atoms with Crippen molar-refractivity contribution in [2.45, 2.75) is 31.2 Å². The Morgan fingerprint density at radius 3 is 2.44 bits per heavy atom. The van der Waals surface area contributed by atoms with Gasteiger partial charge in [-0.25, -0.2) is 0 Å². The molecule has 27 heavy (non-hydrogen) atoms. The second-order valence-electron chi connectivity index (χ2n) is 7.25. The Balaban J connectivity index is 1.53. The van der Waals surface area contributed by atoms with E-state index in [0.29, 0.717) is 18.8 Å². The summed E-state index contributed by atoms with van der Waals surface area (Å²) in [6.45, 7) is 3.71. The average molecular weight is 383 g/mol. The Morgan fingerprint density at radius 2 is 1.74 bits per heavy atom. The lowest BCUT2D eigenvalue weighted by molar-refractivity contribution is -0.139. The summed E-state index contributed by atoms with van der Waals surface area (Å²) in [4.78, 5) is 28.4. The highest BCUT2D eigenvalue weighted by Crippen LogP contribution is 2.30. The molecule has 0 aromatic heterocycles. The molecule has 1 aliphatic rings.